The van der Waals surface area contributed by atoms with Gasteiger partial charge in [-0.3, -0.25) is 4.79 Å². The molecule has 1 aliphatic rings. The first-order valence-corrected chi connectivity index (χ1v) is 6.95. The van der Waals surface area contributed by atoms with Crippen molar-refractivity contribution in [2.24, 2.45) is 0 Å². The maximum Gasteiger partial charge on any atom is 0.419 e. The van der Waals surface area contributed by atoms with Gasteiger partial charge in [0, 0.05) is 12.0 Å². The number of Topliss-reactive ketones (excluding diaryl/α,β-unsaturated/α-hetero) is 1. The van der Waals surface area contributed by atoms with Crippen LogP contribution in [0.1, 0.15) is 34.3 Å². The lowest BCUT2D eigenvalue weighted by Gasteiger charge is -2.17. The molecule has 2 aromatic rings. The van der Waals surface area contributed by atoms with Gasteiger partial charge in [-0.05, 0) is 48.7 Å². The summed E-state index contributed by atoms with van der Waals surface area (Å²) in [6.07, 6.45) is -2.46. The monoisotopic (exact) mass is 306 g/mol. The van der Waals surface area contributed by atoms with Crippen LogP contribution in [0.3, 0.4) is 0 Å². The normalized spacial score (nSPS) is 14.6. The van der Waals surface area contributed by atoms with Gasteiger partial charge in [0.2, 0.25) is 0 Å². The summed E-state index contributed by atoms with van der Waals surface area (Å²) >= 11 is 0. The first-order valence-electron chi connectivity index (χ1n) is 6.95. The molecule has 0 spiro atoms. The van der Waals surface area contributed by atoms with E-state index in [1.54, 1.807) is 12.1 Å². The molecule has 0 bridgehead atoms. The van der Waals surface area contributed by atoms with Gasteiger partial charge in [0.1, 0.15) is 11.5 Å². The molecule has 0 heterocycles. The number of carbonyl (C=O) groups excluding carboxylic acids is 1. The number of hydrogen-bond acceptors (Lipinski definition) is 2. The Morgan fingerprint density at radius 2 is 1.77 bits per heavy atom. The summed E-state index contributed by atoms with van der Waals surface area (Å²) in [6.45, 7) is 0. The molecule has 2 aromatic carbocycles. The average Bonchev–Trinajstić information content (AvgIpc) is 2.47. The number of ketones is 1. The number of halogens is 3. The van der Waals surface area contributed by atoms with E-state index in [1.807, 2.05) is 0 Å². The Kier molecular flexibility index (Phi) is 3.64. The fourth-order valence-electron chi connectivity index (χ4n) is 2.60. The Morgan fingerprint density at radius 3 is 2.55 bits per heavy atom. The van der Waals surface area contributed by atoms with Gasteiger partial charge < -0.3 is 4.74 Å². The lowest BCUT2D eigenvalue weighted by Crippen LogP contribution is -2.10. The van der Waals surface area contributed by atoms with E-state index in [9.17, 15) is 18.0 Å². The third kappa shape index (κ3) is 2.84. The number of alkyl halides is 3. The van der Waals surface area contributed by atoms with E-state index in [0.717, 1.165) is 24.5 Å². The third-order valence-electron chi connectivity index (χ3n) is 3.65. The van der Waals surface area contributed by atoms with Crippen molar-refractivity contribution in [3.8, 4) is 11.5 Å². The van der Waals surface area contributed by atoms with Gasteiger partial charge in [-0.15, -0.1) is 0 Å². The quantitative estimate of drug-likeness (QED) is 0.779. The molecule has 0 atom stereocenters. The molecule has 0 aromatic heterocycles. The summed E-state index contributed by atoms with van der Waals surface area (Å²) in [5.74, 6) is 0.144. The first kappa shape index (κ1) is 14.6. The fourth-order valence-corrected chi connectivity index (χ4v) is 2.60. The summed E-state index contributed by atoms with van der Waals surface area (Å²) in [5, 5.41) is 0. The number of aryl methyl sites for hydroxylation is 1. The highest BCUT2D eigenvalue weighted by Gasteiger charge is 2.34. The predicted octanol–water partition coefficient (Wildman–Crippen LogP) is 5.02. The van der Waals surface area contributed by atoms with E-state index in [-0.39, 0.29) is 11.5 Å². The van der Waals surface area contributed by atoms with Gasteiger partial charge in [0.25, 0.3) is 0 Å². The molecule has 0 fully saturated rings. The SMILES string of the molecule is O=C1CCCc2cc(Oc3ccccc3C(F)(F)F)ccc21. The first-order chi connectivity index (χ1) is 10.4. The van der Waals surface area contributed by atoms with Crippen LogP contribution in [0.4, 0.5) is 13.2 Å². The van der Waals surface area contributed by atoms with Crippen molar-refractivity contribution in [2.45, 2.75) is 25.4 Å². The number of fused-ring (bicyclic) bond motifs is 1. The minimum absolute atomic E-state index is 0.0727. The zero-order valence-electron chi connectivity index (χ0n) is 11.6. The van der Waals surface area contributed by atoms with Gasteiger partial charge in [0.15, 0.2) is 5.78 Å². The highest BCUT2D eigenvalue weighted by molar-refractivity contribution is 5.98. The Morgan fingerprint density at radius 1 is 1.00 bits per heavy atom. The largest absolute Gasteiger partial charge is 0.457 e. The van der Waals surface area contributed by atoms with Crippen molar-refractivity contribution in [2.75, 3.05) is 0 Å². The topological polar surface area (TPSA) is 26.3 Å². The lowest BCUT2D eigenvalue weighted by molar-refractivity contribution is -0.138. The zero-order valence-corrected chi connectivity index (χ0v) is 11.6. The summed E-state index contributed by atoms with van der Waals surface area (Å²) in [4.78, 5) is 11.8. The van der Waals surface area contributed by atoms with Crippen molar-refractivity contribution in [3.63, 3.8) is 0 Å². The Hall–Kier alpha value is -2.30. The summed E-state index contributed by atoms with van der Waals surface area (Å²) < 4.78 is 44.3. The Balaban J connectivity index is 1.93. The zero-order chi connectivity index (χ0) is 15.7. The van der Waals surface area contributed by atoms with Crippen LogP contribution in [0.15, 0.2) is 42.5 Å². The second-order valence-corrected chi connectivity index (χ2v) is 5.19. The van der Waals surface area contributed by atoms with E-state index >= 15 is 0 Å². The van der Waals surface area contributed by atoms with Crippen molar-refractivity contribution in [3.05, 3.63) is 59.2 Å². The highest BCUT2D eigenvalue weighted by Crippen LogP contribution is 2.38. The molecule has 0 radical (unpaired) electrons. The molecular formula is C17H13F3O2. The molecule has 2 nitrogen and oxygen atoms in total. The predicted molar refractivity (Wildman–Crippen MR) is 75.2 cm³/mol. The van der Waals surface area contributed by atoms with Gasteiger partial charge in [0.05, 0.1) is 5.56 Å². The molecule has 0 N–H and O–H groups in total. The van der Waals surface area contributed by atoms with Gasteiger partial charge in [-0.25, -0.2) is 0 Å². The van der Waals surface area contributed by atoms with Crippen molar-refractivity contribution in [1.82, 2.24) is 0 Å². The Bertz CT molecular complexity index is 720. The summed E-state index contributed by atoms with van der Waals surface area (Å²) in [5.41, 5.74) is 0.657. The summed E-state index contributed by atoms with van der Waals surface area (Å²) in [6, 6.07) is 9.90. The molecule has 22 heavy (non-hydrogen) atoms. The molecule has 0 saturated carbocycles. The summed E-state index contributed by atoms with van der Waals surface area (Å²) in [7, 11) is 0. The minimum Gasteiger partial charge on any atom is -0.457 e. The molecule has 114 valence electrons. The molecule has 0 unspecified atom stereocenters. The van der Waals surface area contributed by atoms with Gasteiger partial charge >= 0.3 is 6.18 Å². The van der Waals surface area contributed by atoms with E-state index in [1.165, 1.54) is 24.3 Å². The van der Waals surface area contributed by atoms with Crippen LogP contribution in [-0.4, -0.2) is 5.78 Å². The molecular weight excluding hydrogens is 293 g/mol. The van der Waals surface area contributed by atoms with Crippen LogP contribution >= 0.6 is 0 Å². The van der Waals surface area contributed by atoms with Gasteiger partial charge in [-0.2, -0.15) is 13.2 Å². The molecule has 5 heteroatoms. The highest BCUT2D eigenvalue weighted by atomic mass is 19.4. The van der Waals surface area contributed by atoms with E-state index in [4.69, 9.17) is 4.74 Å². The Labute approximate surface area is 125 Å². The third-order valence-corrected chi connectivity index (χ3v) is 3.65. The number of ether oxygens (including phenoxy) is 1. The van der Waals surface area contributed by atoms with Crippen molar-refractivity contribution < 1.29 is 22.7 Å². The van der Waals surface area contributed by atoms with Crippen LogP contribution in [0.5, 0.6) is 11.5 Å². The van der Waals surface area contributed by atoms with E-state index < -0.39 is 11.7 Å². The second-order valence-electron chi connectivity index (χ2n) is 5.19. The number of benzene rings is 2. The maximum absolute atomic E-state index is 13.0. The smallest absolute Gasteiger partial charge is 0.419 e. The average molecular weight is 306 g/mol. The standard InChI is InChI=1S/C17H13F3O2/c18-17(19,20)14-5-1-2-7-16(14)22-12-8-9-13-11(10-12)4-3-6-15(13)21/h1-2,5,7-10H,3-4,6H2. The van der Waals surface area contributed by atoms with Crippen LogP contribution in [0.2, 0.25) is 0 Å². The molecule has 0 saturated heterocycles. The molecule has 3 rings (SSSR count). The lowest BCUT2D eigenvalue weighted by atomic mass is 9.90. The molecule has 0 aliphatic heterocycles. The minimum atomic E-state index is -4.47. The second kappa shape index (κ2) is 5.48. The van der Waals surface area contributed by atoms with Crippen molar-refractivity contribution >= 4 is 5.78 Å². The van der Waals surface area contributed by atoms with Crippen LogP contribution in [0, 0.1) is 0 Å². The van der Waals surface area contributed by atoms with Gasteiger partial charge in [-0.1, -0.05) is 12.1 Å². The van der Waals surface area contributed by atoms with Crippen LogP contribution in [-0.2, 0) is 12.6 Å². The number of rotatable bonds is 2. The maximum atomic E-state index is 13.0. The molecule has 1 aliphatic carbocycles. The van der Waals surface area contributed by atoms with E-state index in [0.29, 0.717) is 17.7 Å². The van der Waals surface area contributed by atoms with Crippen molar-refractivity contribution in [1.29, 1.82) is 0 Å². The van der Waals surface area contributed by atoms with Crippen LogP contribution < -0.4 is 4.74 Å². The van der Waals surface area contributed by atoms with E-state index in [2.05, 4.69) is 0 Å². The molecule has 0 amide bonds. The van der Waals surface area contributed by atoms with Crippen LogP contribution in [0.25, 0.3) is 0 Å². The fraction of sp³-hybridized carbons (Fsp3) is 0.235. The number of carbonyl (C=O) groups is 1. The number of hydrogen-bond donors (Lipinski definition) is 0. The number of para-hydroxylation sites is 1.